The second-order valence-electron chi connectivity index (χ2n) is 8.82. The van der Waals surface area contributed by atoms with Crippen LogP contribution in [0.1, 0.15) is 28.9 Å². The van der Waals surface area contributed by atoms with E-state index >= 15 is 0 Å². The number of likely N-dealkylation sites (tertiary alicyclic amines) is 1. The Bertz CT molecular complexity index is 1250. The van der Waals surface area contributed by atoms with Gasteiger partial charge in [-0.05, 0) is 60.9 Å². The maximum Gasteiger partial charge on any atom is 0.270 e. The Morgan fingerprint density at radius 3 is 2.44 bits per heavy atom. The molecular weight excluding hydrogens is 446 g/mol. The first kappa shape index (κ1) is 22.4. The topological polar surface area (TPSA) is 55.1 Å². The lowest BCUT2D eigenvalue weighted by Crippen LogP contribution is -2.44. The van der Waals surface area contributed by atoms with Crippen LogP contribution in [0.15, 0.2) is 79.0 Å². The predicted molar refractivity (Wildman–Crippen MR) is 135 cm³/mol. The maximum absolute atomic E-state index is 13.4. The third-order valence-corrected chi connectivity index (χ3v) is 6.64. The largest absolute Gasteiger partial charge is 0.349 e. The van der Waals surface area contributed by atoms with Gasteiger partial charge in [-0.1, -0.05) is 41.9 Å². The number of hydrogen-bond acceptors (Lipinski definition) is 3. The molecule has 0 spiro atoms. The molecule has 174 valence electrons. The summed E-state index contributed by atoms with van der Waals surface area (Å²) < 4.78 is 3.71. The van der Waals surface area contributed by atoms with Crippen molar-refractivity contribution in [1.82, 2.24) is 24.6 Å². The molecule has 7 heteroatoms. The summed E-state index contributed by atoms with van der Waals surface area (Å²) in [5.41, 5.74) is 4.35. The van der Waals surface area contributed by atoms with E-state index in [1.165, 1.54) is 5.56 Å². The van der Waals surface area contributed by atoms with Crippen molar-refractivity contribution in [1.29, 1.82) is 0 Å². The second-order valence-corrected chi connectivity index (χ2v) is 9.25. The third kappa shape index (κ3) is 4.93. The number of aromatic nitrogens is 3. The van der Waals surface area contributed by atoms with Crippen molar-refractivity contribution >= 4 is 17.5 Å². The van der Waals surface area contributed by atoms with Crippen molar-refractivity contribution in [2.45, 2.75) is 25.4 Å². The molecule has 1 N–H and O–H groups in total. The Kier molecular flexibility index (Phi) is 6.52. The van der Waals surface area contributed by atoms with Crippen LogP contribution >= 0.6 is 11.6 Å². The van der Waals surface area contributed by atoms with Crippen LogP contribution in [0.3, 0.4) is 0 Å². The van der Waals surface area contributed by atoms with Gasteiger partial charge in [0.15, 0.2) is 0 Å². The first-order chi connectivity index (χ1) is 16.6. The molecule has 3 heterocycles. The molecule has 34 heavy (non-hydrogen) atoms. The zero-order valence-electron chi connectivity index (χ0n) is 19.2. The Labute approximate surface area is 204 Å². The smallest absolute Gasteiger partial charge is 0.270 e. The van der Waals surface area contributed by atoms with Crippen LogP contribution in [0.5, 0.6) is 0 Å². The quantitative estimate of drug-likeness (QED) is 0.432. The summed E-state index contributed by atoms with van der Waals surface area (Å²) in [4.78, 5) is 15.8. The van der Waals surface area contributed by atoms with E-state index < -0.39 is 0 Å². The number of amides is 1. The van der Waals surface area contributed by atoms with Crippen LogP contribution in [-0.2, 0) is 13.6 Å². The van der Waals surface area contributed by atoms with Gasteiger partial charge >= 0.3 is 0 Å². The molecule has 0 saturated carbocycles. The fourth-order valence-corrected chi connectivity index (χ4v) is 4.64. The van der Waals surface area contributed by atoms with Crippen molar-refractivity contribution in [3.63, 3.8) is 0 Å². The molecular formula is C27H28ClN5O. The van der Waals surface area contributed by atoms with Crippen molar-refractivity contribution in [3.8, 4) is 17.1 Å². The minimum atomic E-state index is -0.107. The molecule has 1 aliphatic rings. The number of nitrogens with zero attached hydrogens (tertiary/aromatic N) is 4. The van der Waals surface area contributed by atoms with E-state index in [-0.39, 0.29) is 11.9 Å². The Hall–Kier alpha value is -3.35. The Balaban J connectivity index is 1.31. The van der Waals surface area contributed by atoms with E-state index in [9.17, 15) is 4.79 Å². The summed E-state index contributed by atoms with van der Waals surface area (Å²) >= 11 is 6.08. The number of carbonyl (C=O) groups excluding carboxylic acids is 1. The normalized spacial score (nSPS) is 14.9. The van der Waals surface area contributed by atoms with Gasteiger partial charge < -0.3 is 9.88 Å². The summed E-state index contributed by atoms with van der Waals surface area (Å²) in [6.45, 7) is 2.88. The van der Waals surface area contributed by atoms with E-state index in [2.05, 4.69) is 34.5 Å². The second kappa shape index (κ2) is 9.87. The molecule has 1 saturated heterocycles. The van der Waals surface area contributed by atoms with Gasteiger partial charge in [-0.25, -0.2) is 4.68 Å². The molecule has 1 fully saturated rings. The average molecular weight is 474 g/mol. The summed E-state index contributed by atoms with van der Waals surface area (Å²) in [6, 6.07) is 23.9. The molecule has 6 nitrogen and oxygen atoms in total. The van der Waals surface area contributed by atoms with Gasteiger partial charge in [0.2, 0.25) is 0 Å². The molecule has 5 rings (SSSR count). The number of piperidine rings is 1. The first-order valence-corrected chi connectivity index (χ1v) is 12.0. The zero-order chi connectivity index (χ0) is 23.5. The highest BCUT2D eigenvalue weighted by molar-refractivity contribution is 6.30. The number of carbonyl (C=O) groups is 1. The maximum atomic E-state index is 13.4. The van der Waals surface area contributed by atoms with E-state index in [4.69, 9.17) is 16.7 Å². The summed E-state index contributed by atoms with van der Waals surface area (Å²) in [7, 11) is 1.97. The number of benzene rings is 2. The molecule has 2 aromatic carbocycles. The molecule has 0 bridgehead atoms. The van der Waals surface area contributed by atoms with Gasteiger partial charge in [0, 0.05) is 43.9 Å². The van der Waals surface area contributed by atoms with Gasteiger partial charge in [0.05, 0.1) is 11.4 Å². The lowest BCUT2D eigenvalue weighted by Gasteiger charge is -2.32. The summed E-state index contributed by atoms with van der Waals surface area (Å²) in [5.74, 6) is -0.107. The molecule has 0 unspecified atom stereocenters. The van der Waals surface area contributed by atoms with E-state index in [1.807, 2.05) is 66.3 Å². The lowest BCUT2D eigenvalue weighted by atomic mass is 10.0. The van der Waals surface area contributed by atoms with Gasteiger partial charge in [0.1, 0.15) is 11.4 Å². The van der Waals surface area contributed by atoms with Crippen LogP contribution in [0, 0.1) is 0 Å². The van der Waals surface area contributed by atoms with Crippen molar-refractivity contribution in [2.24, 2.45) is 7.05 Å². The molecule has 1 aliphatic heterocycles. The summed E-state index contributed by atoms with van der Waals surface area (Å²) in [6.07, 6.45) is 3.83. The van der Waals surface area contributed by atoms with Gasteiger partial charge in [0.25, 0.3) is 5.91 Å². The average Bonchev–Trinajstić information content (AvgIpc) is 3.48. The molecule has 1 amide bonds. The van der Waals surface area contributed by atoms with Gasteiger partial charge in [-0.15, -0.1) is 0 Å². The highest BCUT2D eigenvalue weighted by atomic mass is 35.5. The van der Waals surface area contributed by atoms with Gasteiger partial charge in [-0.2, -0.15) is 5.10 Å². The molecule has 2 aromatic heterocycles. The van der Waals surface area contributed by atoms with Crippen molar-refractivity contribution in [2.75, 3.05) is 13.1 Å². The van der Waals surface area contributed by atoms with E-state index in [0.29, 0.717) is 10.7 Å². The van der Waals surface area contributed by atoms with Crippen LogP contribution in [0.25, 0.3) is 17.1 Å². The molecule has 0 atom stereocenters. The third-order valence-electron chi connectivity index (χ3n) is 6.39. The van der Waals surface area contributed by atoms with Crippen molar-refractivity contribution < 1.29 is 4.79 Å². The standard InChI is InChI=1S/C27H28ClN5O/c1-31-15-5-8-25(31)24-18-26(33(30-24)23-11-9-21(28)10-12-23)27(34)29-22-13-16-32(17-14-22)19-20-6-3-2-4-7-20/h2-12,15,18,22H,13-14,16-17,19H2,1H3,(H,29,34). The van der Waals surface area contributed by atoms with E-state index in [1.54, 1.807) is 4.68 Å². The summed E-state index contributed by atoms with van der Waals surface area (Å²) in [5, 5.41) is 8.67. The minimum Gasteiger partial charge on any atom is -0.349 e. The monoisotopic (exact) mass is 473 g/mol. The van der Waals surface area contributed by atoms with E-state index in [0.717, 1.165) is 49.6 Å². The fourth-order valence-electron chi connectivity index (χ4n) is 4.51. The zero-order valence-corrected chi connectivity index (χ0v) is 19.9. The highest BCUT2D eigenvalue weighted by Gasteiger charge is 2.24. The van der Waals surface area contributed by atoms with Gasteiger partial charge in [-0.3, -0.25) is 9.69 Å². The van der Waals surface area contributed by atoms with Crippen LogP contribution in [0.4, 0.5) is 0 Å². The van der Waals surface area contributed by atoms with Crippen LogP contribution in [-0.4, -0.2) is 44.3 Å². The Morgan fingerprint density at radius 2 is 1.76 bits per heavy atom. The minimum absolute atomic E-state index is 0.107. The Morgan fingerprint density at radius 1 is 1.03 bits per heavy atom. The SMILES string of the molecule is Cn1cccc1-c1cc(C(=O)NC2CCN(Cc3ccccc3)CC2)n(-c2ccc(Cl)cc2)n1. The number of nitrogens with one attached hydrogen (secondary N) is 1. The molecule has 4 aromatic rings. The first-order valence-electron chi connectivity index (χ1n) is 11.6. The lowest BCUT2D eigenvalue weighted by molar-refractivity contribution is 0.0901. The van der Waals surface area contributed by atoms with Crippen LogP contribution < -0.4 is 5.32 Å². The van der Waals surface area contributed by atoms with Crippen LogP contribution in [0.2, 0.25) is 5.02 Å². The number of rotatable bonds is 6. The highest BCUT2D eigenvalue weighted by Crippen LogP contribution is 2.23. The predicted octanol–water partition coefficient (Wildman–Crippen LogP) is 4.93. The number of halogens is 1. The number of hydrogen-bond donors (Lipinski definition) is 1. The fraction of sp³-hybridized carbons (Fsp3) is 0.259. The molecule has 0 radical (unpaired) electrons. The van der Waals surface area contributed by atoms with Crippen molar-refractivity contribution in [3.05, 3.63) is 95.3 Å². The number of aryl methyl sites for hydroxylation is 1. The molecule has 0 aliphatic carbocycles.